The number of hydrogen-bond donors (Lipinski definition) is 2. The van der Waals surface area contributed by atoms with Gasteiger partial charge in [-0.15, -0.1) is 11.3 Å². The molecule has 0 radical (unpaired) electrons. The summed E-state index contributed by atoms with van der Waals surface area (Å²) >= 11 is 1.53. The number of fused-ring (bicyclic) bond motifs is 2. The van der Waals surface area contributed by atoms with E-state index in [1.807, 2.05) is 93.0 Å². The number of likely N-dealkylation sites (tertiary alicyclic amines) is 1. The SMILES string of the molecule is Cn1c(C(=O)Nc2ccc(-c3cc4c(N[C@H]5CCCN(C(=O)OC(C)(C)C)C5)ncc(C#N)c4s3)cc2)cc2ccccc21. The van der Waals surface area contributed by atoms with Crippen molar-refractivity contribution in [2.24, 2.45) is 7.05 Å². The fraction of sp³-hybridized carbons (Fsp3) is 0.294. The first-order valence-corrected chi connectivity index (χ1v) is 15.4. The Kier molecular flexibility index (Phi) is 7.74. The number of nitrogens with one attached hydrogen (secondary N) is 2. The number of carbonyl (C=O) groups is 2. The first kappa shape index (κ1) is 29.2. The van der Waals surface area contributed by atoms with Crippen molar-refractivity contribution < 1.29 is 14.3 Å². The molecule has 1 aliphatic heterocycles. The highest BCUT2D eigenvalue weighted by atomic mass is 32.1. The van der Waals surface area contributed by atoms with Gasteiger partial charge in [-0.2, -0.15) is 5.26 Å². The summed E-state index contributed by atoms with van der Waals surface area (Å²) in [5, 5.41) is 18.2. The van der Waals surface area contributed by atoms with Crippen LogP contribution in [-0.4, -0.2) is 51.2 Å². The van der Waals surface area contributed by atoms with Gasteiger partial charge in [0.05, 0.1) is 10.3 Å². The van der Waals surface area contributed by atoms with Crippen LogP contribution in [0.3, 0.4) is 0 Å². The molecule has 2 N–H and O–H groups in total. The number of aromatic nitrogens is 2. The molecular formula is C34H34N6O3S. The van der Waals surface area contributed by atoms with Crippen molar-refractivity contribution in [3.8, 4) is 16.5 Å². The molecule has 0 aliphatic carbocycles. The molecule has 1 saturated heterocycles. The summed E-state index contributed by atoms with van der Waals surface area (Å²) in [6.07, 6.45) is 3.04. The predicted octanol–water partition coefficient (Wildman–Crippen LogP) is 7.39. The highest BCUT2D eigenvalue weighted by Crippen LogP contribution is 2.39. The van der Waals surface area contributed by atoms with Gasteiger partial charge in [0.2, 0.25) is 0 Å². The number of para-hydroxylation sites is 1. The Balaban J connectivity index is 1.20. The molecule has 44 heavy (non-hydrogen) atoms. The molecule has 0 unspecified atom stereocenters. The zero-order valence-electron chi connectivity index (χ0n) is 25.2. The van der Waals surface area contributed by atoms with Gasteiger partial charge in [0.1, 0.15) is 23.2 Å². The van der Waals surface area contributed by atoms with Crippen LogP contribution in [0.5, 0.6) is 0 Å². The lowest BCUT2D eigenvalue weighted by molar-refractivity contribution is 0.0206. The van der Waals surface area contributed by atoms with E-state index in [1.165, 1.54) is 11.3 Å². The third-order valence-electron chi connectivity index (χ3n) is 7.70. The minimum absolute atomic E-state index is 0.00738. The standard InChI is InChI=1S/C34H34N6O3S/c1-34(2,3)43-33(42)40-15-7-9-25(20-40)37-31-26-17-29(44-30(26)23(18-35)19-36-31)21-11-13-24(14-12-21)38-32(41)28-16-22-8-5-6-10-27(22)39(28)4/h5-6,8,10-14,16-17,19,25H,7,9,15,20H2,1-4H3,(H,36,37)(H,38,41)/t25-/m0/s1. The molecule has 1 atom stereocenters. The minimum Gasteiger partial charge on any atom is -0.444 e. The van der Waals surface area contributed by atoms with Crippen LogP contribution in [-0.2, 0) is 11.8 Å². The normalized spacial score (nSPS) is 15.2. The zero-order valence-corrected chi connectivity index (χ0v) is 26.0. The number of amides is 2. The Bertz CT molecular complexity index is 1910. The van der Waals surface area contributed by atoms with Crippen LogP contribution in [0.4, 0.5) is 16.3 Å². The number of hydrogen-bond acceptors (Lipinski definition) is 7. The van der Waals surface area contributed by atoms with Crippen molar-refractivity contribution in [1.82, 2.24) is 14.5 Å². The minimum atomic E-state index is -0.550. The molecule has 2 aromatic carbocycles. The molecule has 3 aromatic heterocycles. The number of piperidine rings is 1. The number of anilines is 2. The van der Waals surface area contributed by atoms with Gasteiger partial charge < -0.3 is 24.8 Å². The second-order valence-electron chi connectivity index (χ2n) is 12.1. The summed E-state index contributed by atoms with van der Waals surface area (Å²) in [5.74, 6) is 0.517. The molecule has 10 heteroatoms. The molecule has 2 amide bonds. The van der Waals surface area contributed by atoms with E-state index in [2.05, 4.69) is 21.7 Å². The maximum Gasteiger partial charge on any atom is 0.410 e. The van der Waals surface area contributed by atoms with Crippen LogP contribution in [0.1, 0.15) is 49.7 Å². The van der Waals surface area contributed by atoms with Crippen molar-refractivity contribution in [3.05, 3.63) is 78.1 Å². The van der Waals surface area contributed by atoms with Crippen LogP contribution >= 0.6 is 11.3 Å². The van der Waals surface area contributed by atoms with Crippen molar-refractivity contribution >= 4 is 55.8 Å². The Hall–Kier alpha value is -4.88. The Labute approximate surface area is 260 Å². The lowest BCUT2D eigenvalue weighted by Crippen LogP contribution is -2.47. The number of ether oxygens (including phenoxy) is 1. The average molecular weight is 607 g/mol. The first-order valence-electron chi connectivity index (χ1n) is 14.6. The van der Waals surface area contributed by atoms with E-state index < -0.39 is 5.60 Å². The monoisotopic (exact) mass is 606 g/mol. The van der Waals surface area contributed by atoms with Gasteiger partial charge in [-0.05, 0) is 69.5 Å². The summed E-state index contributed by atoms with van der Waals surface area (Å²) in [7, 11) is 1.89. The summed E-state index contributed by atoms with van der Waals surface area (Å²) < 4.78 is 8.33. The topological polar surface area (TPSA) is 112 Å². The molecule has 1 fully saturated rings. The third-order valence-corrected chi connectivity index (χ3v) is 8.92. The van der Waals surface area contributed by atoms with Crippen LogP contribution in [0.2, 0.25) is 0 Å². The maximum absolute atomic E-state index is 13.1. The average Bonchev–Trinajstić information content (AvgIpc) is 3.60. The molecule has 9 nitrogen and oxygen atoms in total. The molecular weight excluding hydrogens is 572 g/mol. The second-order valence-corrected chi connectivity index (χ2v) is 13.1. The van der Waals surface area contributed by atoms with Crippen molar-refractivity contribution in [2.75, 3.05) is 23.7 Å². The predicted molar refractivity (Wildman–Crippen MR) is 175 cm³/mol. The van der Waals surface area contributed by atoms with E-state index in [9.17, 15) is 14.9 Å². The smallest absolute Gasteiger partial charge is 0.410 e. The zero-order chi connectivity index (χ0) is 31.0. The van der Waals surface area contributed by atoms with Gasteiger partial charge in [0.25, 0.3) is 5.91 Å². The highest BCUT2D eigenvalue weighted by molar-refractivity contribution is 7.22. The largest absolute Gasteiger partial charge is 0.444 e. The third kappa shape index (κ3) is 5.96. The van der Waals surface area contributed by atoms with Crippen molar-refractivity contribution in [3.63, 3.8) is 0 Å². The molecule has 4 heterocycles. The summed E-state index contributed by atoms with van der Waals surface area (Å²) in [6.45, 7) is 6.77. The van der Waals surface area contributed by atoms with Crippen LogP contribution < -0.4 is 10.6 Å². The molecule has 224 valence electrons. The fourth-order valence-electron chi connectivity index (χ4n) is 5.56. The van der Waals surface area contributed by atoms with E-state index >= 15 is 0 Å². The van der Waals surface area contributed by atoms with E-state index in [0.29, 0.717) is 35.9 Å². The van der Waals surface area contributed by atoms with Gasteiger partial charge in [0.15, 0.2) is 0 Å². The number of nitriles is 1. The Morgan fingerprint density at radius 2 is 1.89 bits per heavy atom. The lowest BCUT2D eigenvalue weighted by Gasteiger charge is -2.34. The summed E-state index contributed by atoms with van der Waals surface area (Å²) in [5.41, 5.74) is 3.22. The van der Waals surface area contributed by atoms with Crippen LogP contribution in [0.25, 0.3) is 31.4 Å². The van der Waals surface area contributed by atoms with E-state index in [0.717, 1.165) is 44.3 Å². The molecule has 6 rings (SSSR count). The number of pyridine rings is 1. The van der Waals surface area contributed by atoms with E-state index in [-0.39, 0.29) is 18.0 Å². The quantitative estimate of drug-likeness (QED) is 0.216. The molecule has 0 saturated carbocycles. The number of benzene rings is 2. The van der Waals surface area contributed by atoms with E-state index in [4.69, 9.17) is 4.74 Å². The molecule has 0 spiro atoms. The maximum atomic E-state index is 13.1. The van der Waals surface area contributed by atoms with Crippen molar-refractivity contribution in [2.45, 2.75) is 45.3 Å². The van der Waals surface area contributed by atoms with Crippen molar-refractivity contribution in [1.29, 1.82) is 5.26 Å². The van der Waals surface area contributed by atoms with Gasteiger partial charge in [-0.1, -0.05) is 30.3 Å². The lowest BCUT2D eigenvalue weighted by atomic mass is 10.1. The number of nitrogens with zero attached hydrogens (tertiary/aromatic N) is 4. The Morgan fingerprint density at radius 3 is 2.61 bits per heavy atom. The van der Waals surface area contributed by atoms with Gasteiger partial charge >= 0.3 is 6.09 Å². The highest BCUT2D eigenvalue weighted by Gasteiger charge is 2.28. The fourth-order valence-corrected chi connectivity index (χ4v) is 6.69. The van der Waals surface area contributed by atoms with Crippen LogP contribution in [0, 0.1) is 11.3 Å². The second kappa shape index (κ2) is 11.7. The summed E-state index contributed by atoms with van der Waals surface area (Å²) in [6, 6.07) is 21.8. The Morgan fingerprint density at radius 1 is 1.11 bits per heavy atom. The van der Waals surface area contributed by atoms with Gasteiger partial charge in [-0.25, -0.2) is 9.78 Å². The molecule has 0 bridgehead atoms. The number of aryl methyl sites for hydroxylation is 1. The first-order chi connectivity index (χ1) is 21.1. The number of rotatable bonds is 5. The molecule has 5 aromatic rings. The van der Waals surface area contributed by atoms with Crippen LogP contribution in [0.15, 0.2) is 66.9 Å². The number of thiophene rings is 1. The van der Waals surface area contributed by atoms with E-state index in [1.54, 1.807) is 11.1 Å². The van der Waals surface area contributed by atoms with Gasteiger partial charge in [0, 0.05) is 59.2 Å². The van der Waals surface area contributed by atoms with Gasteiger partial charge in [-0.3, -0.25) is 4.79 Å². The summed E-state index contributed by atoms with van der Waals surface area (Å²) in [4.78, 5) is 33.1. The molecule has 1 aliphatic rings. The number of carbonyl (C=O) groups excluding carboxylic acids is 2.